The molecule has 0 amide bonds. The fraction of sp³-hybridized carbons (Fsp3) is 0.0909. The van der Waals surface area contributed by atoms with E-state index in [1.54, 1.807) is 48.8 Å². The average molecular weight is 482 g/mol. The Morgan fingerprint density at radius 2 is 1.00 bits per heavy atom. The molecule has 0 fully saturated rings. The van der Waals surface area contributed by atoms with Crippen LogP contribution in [0.15, 0.2) is 71.0 Å². The van der Waals surface area contributed by atoms with Crippen molar-refractivity contribution in [2.75, 3.05) is 0 Å². The topological polar surface area (TPSA) is 43.2 Å². The van der Waals surface area contributed by atoms with E-state index >= 15 is 0 Å². The van der Waals surface area contributed by atoms with Crippen molar-refractivity contribution >= 4 is 58.8 Å². The number of hydrogen-bond donors (Lipinski definition) is 0. The van der Waals surface area contributed by atoms with Gasteiger partial charge in [0.2, 0.25) is 0 Å². The van der Waals surface area contributed by atoms with E-state index in [0.717, 1.165) is 22.3 Å². The molecule has 30 heavy (non-hydrogen) atoms. The predicted octanol–water partition coefficient (Wildman–Crippen LogP) is 7.40. The molecule has 0 radical (unpaired) electrons. The van der Waals surface area contributed by atoms with Crippen LogP contribution in [0.3, 0.4) is 0 Å². The Bertz CT molecular complexity index is 969. The summed E-state index contributed by atoms with van der Waals surface area (Å²) in [5, 5.41) is 10.2. The normalized spacial score (nSPS) is 11.3. The fourth-order valence-electron chi connectivity index (χ4n) is 2.36. The van der Waals surface area contributed by atoms with Gasteiger partial charge in [-0.05, 0) is 35.4 Å². The van der Waals surface area contributed by atoms with Gasteiger partial charge in [-0.2, -0.15) is 0 Å². The number of rotatable bonds is 8. The molecule has 3 aromatic carbocycles. The Kier molecular flexibility index (Phi) is 8.40. The molecule has 0 aromatic heterocycles. The summed E-state index contributed by atoms with van der Waals surface area (Å²) < 4.78 is 0. The minimum atomic E-state index is 0.256. The molecule has 3 rings (SSSR count). The van der Waals surface area contributed by atoms with Gasteiger partial charge in [-0.3, -0.25) is 0 Å². The average Bonchev–Trinajstić information content (AvgIpc) is 2.72. The summed E-state index contributed by atoms with van der Waals surface area (Å²) in [6.07, 6.45) is 3.23. The third-order valence-electron chi connectivity index (χ3n) is 3.96. The summed E-state index contributed by atoms with van der Waals surface area (Å²) in [6.45, 7) is 0.512. The molecule has 0 bridgehead atoms. The second-order valence-corrected chi connectivity index (χ2v) is 7.84. The summed E-state index contributed by atoms with van der Waals surface area (Å²) >= 11 is 23.9. The number of nitrogens with zero attached hydrogens (tertiary/aromatic N) is 2. The van der Waals surface area contributed by atoms with Gasteiger partial charge in [0.05, 0.1) is 12.4 Å². The van der Waals surface area contributed by atoms with E-state index < -0.39 is 0 Å². The number of hydrogen-bond acceptors (Lipinski definition) is 4. The molecule has 0 N–H and O–H groups in total. The van der Waals surface area contributed by atoms with Crippen molar-refractivity contribution in [2.45, 2.75) is 13.2 Å². The van der Waals surface area contributed by atoms with Crippen molar-refractivity contribution < 1.29 is 9.68 Å². The zero-order chi connectivity index (χ0) is 21.3. The predicted molar refractivity (Wildman–Crippen MR) is 124 cm³/mol. The van der Waals surface area contributed by atoms with Crippen LogP contribution in [0, 0.1) is 0 Å². The van der Waals surface area contributed by atoms with E-state index in [1.807, 2.05) is 24.3 Å². The highest BCUT2D eigenvalue weighted by molar-refractivity contribution is 6.35. The van der Waals surface area contributed by atoms with E-state index in [0.29, 0.717) is 20.1 Å². The van der Waals surface area contributed by atoms with Crippen LogP contribution in [0.2, 0.25) is 20.1 Å². The van der Waals surface area contributed by atoms with Gasteiger partial charge in [0, 0.05) is 31.2 Å². The van der Waals surface area contributed by atoms with E-state index in [2.05, 4.69) is 10.3 Å². The van der Waals surface area contributed by atoms with Gasteiger partial charge in [-0.1, -0.05) is 93.1 Å². The van der Waals surface area contributed by atoms with E-state index in [9.17, 15) is 0 Å². The van der Waals surface area contributed by atoms with Gasteiger partial charge in [-0.15, -0.1) is 0 Å². The van der Waals surface area contributed by atoms with Gasteiger partial charge in [0.15, 0.2) is 0 Å². The third-order valence-corrected chi connectivity index (χ3v) is 5.13. The van der Waals surface area contributed by atoms with Crippen molar-refractivity contribution in [2.24, 2.45) is 10.3 Å². The standard InChI is InChI=1S/C22H16Cl4N2O2/c23-19-7-5-17(21(25)9-19)13-29-27-11-15-1-2-16(4-3-15)12-28-30-14-18-6-8-20(24)10-22(18)26/h1-12H,13-14H2/b27-11+,28-12+. The molecule has 0 atom stereocenters. The summed E-state index contributed by atoms with van der Waals surface area (Å²) in [7, 11) is 0. The Labute approximate surface area is 194 Å². The number of halogens is 4. The quantitative estimate of drug-likeness (QED) is 0.248. The molecule has 0 saturated heterocycles. The minimum absolute atomic E-state index is 0.256. The molecule has 4 nitrogen and oxygen atoms in total. The molecule has 0 aliphatic carbocycles. The lowest BCUT2D eigenvalue weighted by Crippen LogP contribution is -1.91. The molecular formula is C22H16Cl4N2O2. The summed E-state index contributed by atoms with van der Waals surface area (Å²) in [5.41, 5.74) is 3.38. The third kappa shape index (κ3) is 6.92. The first-order chi connectivity index (χ1) is 14.5. The van der Waals surface area contributed by atoms with Crippen molar-refractivity contribution in [1.82, 2.24) is 0 Å². The molecule has 154 valence electrons. The van der Waals surface area contributed by atoms with Gasteiger partial charge in [0.25, 0.3) is 0 Å². The van der Waals surface area contributed by atoms with Crippen LogP contribution in [0.1, 0.15) is 22.3 Å². The van der Waals surface area contributed by atoms with Crippen LogP contribution < -0.4 is 0 Å². The van der Waals surface area contributed by atoms with Crippen molar-refractivity contribution in [3.63, 3.8) is 0 Å². The highest BCUT2D eigenvalue weighted by Gasteiger charge is 2.02. The van der Waals surface area contributed by atoms with Crippen LogP contribution in [-0.4, -0.2) is 12.4 Å². The van der Waals surface area contributed by atoms with Crippen LogP contribution in [-0.2, 0) is 22.9 Å². The maximum Gasteiger partial charge on any atom is 0.143 e. The number of oxime groups is 2. The molecule has 0 unspecified atom stereocenters. The van der Waals surface area contributed by atoms with Crippen LogP contribution in [0.25, 0.3) is 0 Å². The number of benzene rings is 3. The Hall–Kier alpha value is -2.24. The van der Waals surface area contributed by atoms with E-state index in [4.69, 9.17) is 56.1 Å². The largest absolute Gasteiger partial charge is 0.391 e. The summed E-state index contributed by atoms with van der Waals surface area (Å²) in [4.78, 5) is 10.6. The lowest BCUT2D eigenvalue weighted by molar-refractivity contribution is 0.132. The Morgan fingerprint density at radius 3 is 1.37 bits per heavy atom. The molecule has 8 heteroatoms. The van der Waals surface area contributed by atoms with E-state index in [1.165, 1.54) is 0 Å². The van der Waals surface area contributed by atoms with Crippen molar-refractivity contribution in [1.29, 1.82) is 0 Å². The molecule has 0 heterocycles. The van der Waals surface area contributed by atoms with Crippen LogP contribution >= 0.6 is 46.4 Å². The van der Waals surface area contributed by atoms with Crippen LogP contribution in [0.5, 0.6) is 0 Å². The molecule has 0 saturated carbocycles. The summed E-state index contributed by atoms with van der Waals surface area (Å²) in [6, 6.07) is 18.0. The first-order valence-electron chi connectivity index (χ1n) is 8.80. The van der Waals surface area contributed by atoms with Gasteiger partial charge in [0.1, 0.15) is 13.2 Å². The lowest BCUT2D eigenvalue weighted by atomic mass is 10.2. The molecule has 0 spiro atoms. The molecular weight excluding hydrogens is 466 g/mol. The van der Waals surface area contributed by atoms with Crippen LogP contribution in [0.4, 0.5) is 0 Å². The monoisotopic (exact) mass is 480 g/mol. The SMILES string of the molecule is Clc1ccc(CO/N=C/c2ccc(/C=N/OCc3ccc(Cl)cc3Cl)cc2)c(Cl)c1. The summed E-state index contributed by atoms with van der Waals surface area (Å²) in [5.74, 6) is 0. The Morgan fingerprint density at radius 1 is 0.600 bits per heavy atom. The smallest absolute Gasteiger partial charge is 0.143 e. The molecule has 0 aliphatic heterocycles. The van der Waals surface area contributed by atoms with Gasteiger partial charge >= 0.3 is 0 Å². The first kappa shape index (κ1) is 22.4. The molecule has 3 aromatic rings. The highest BCUT2D eigenvalue weighted by Crippen LogP contribution is 2.22. The fourth-order valence-corrected chi connectivity index (χ4v) is 3.28. The van der Waals surface area contributed by atoms with Crippen molar-refractivity contribution in [3.05, 3.63) is 103 Å². The highest BCUT2D eigenvalue weighted by atomic mass is 35.5. The lowest BCUT2D eigenvalue weighted by Gasteiger charge is -2.03. The maximum atomic E-state index is 6.09. The van der Waals surface area contributed by atoms with Crippen molar-refractivity contribution in [3.8, 4) is 0 Å². The maximum absolute atomic E-state index is 6.09. The van der Waals surface area contributed by atoms with Gasteiger partial charge < -0.3 is 9.68 Å². The zero-order valence-electron chi connectivity index (χ0n) is 15.6. The molecule has 0 aliphatic rings. The minimum Gasteiger partial charge on any atom is -0.391 e. The van der Waals surface area contributed by atoms with E-state index in [-0.39, 0.29) is 13.2 Å². The second-order valence-electron chi connectivity index (χ2n) is 6.15. The first-order valence-corrected chi connectivity index (χ1v) is 10.3. The Balaban J connectivity index is 1.46. The van der Waals surface area contributed by atoms with Gasteiger partial charge in [-0.25, -0.2) is 0 Å². The second kappa shape index (κ2) is 11.2. The zero-order valence-corrected chi connectivity index (χ0v) is 18.6.